The first-order chi connectivity index (χ1) is 6.70. The molecule has 2 aromatic rings. The minimum absolute atomic E-state index is 0.0939. The van der Waals surface area contributed by atoms with Crippen molar-refractivity contribution in [1.82, 2.24) is 4.98 Å². The minimum atomic E-state index is -0.0939. The van der Waals surface area contributed by atoms with Crippen molar-refractivity contribution in [3.05, 3.63) is 45.7 Å². The van der Waals surface area contributed by atoms with E-state index in [0.717, 1.165) is 22.0 Å². The first-order valence-corrected chi connectivity index (χ1v) is 4.53. The number of fused-ring (bicyclic) bond motifs is 1. The molecule has 1 heterocycles. The van der Waals surface area contributed by atoms with Gasteiger partial charge in [0.15, 0.2) is 0 Å². The van der Waals surface area contributed by atoms with Crippen molar-refractivity contribution in [2.24, 2.45) is 5.73 Å². The summed E-state index contributed by atoms with van der Waals surface area (Å²) in [4.78, 5) is 14.1. The summed E-state index contributed by atoms with van der Waals surface area (Å²) in [6.45, 7) is 2.39. The van der Waals surface area contributed by atoms with Crippen molar-refractivity contribution in [1.29, 1.82) is 0 Å². The molecule has 1 aromatic carbocycles. The molecular weight excluding hydrogens is 176 g/mol. The maximum atomic E-state index is 11.3. The molecule has 3 heteroatoms. The number of pyridine rings is 1. The summed E-state index contributed by atoms with van der Waals surface area (Å²) in [6, 6.07) is 7.51. The van der Waals surface area contributed by atoms with E-state index in [0.29, 0.717) is 6.54 Å². The largest absolute Gasteiger partial charge is 0.326 e. The number of aromatic nitrogens is 1. The van der Waals surface area contributed by atoms with Gasteiger partial charge in [-0.15, -0.1) is 0 Å². The molecule has 0 spiro atoms. The van der Waals surface area contributed by atoms with E-state index in [-0.39, 0.29) is 5.56 Å². The fraction of sp³-hybridized carbons (Fsp3) is 0.182. The lowest BCUT2D eigenvalue weighted by Gasteiger charge is -2.04. The first kappa shape index (κ1) is 8.97. The van der Waals surface area contributed by atoms with E-state index in [1.54, 1.807) is 6.07 Å². The van der Waals surface area contributed by atoms with Crippen LogP contribution in [0.15, 0.2) is 29.1 Å². The smallest absolute Gasteiger partial charge is 0.248 e. The van der Waals surface area contributed by atoms with Gasteiger partial charge in [0.2, 0.25) is 5.56 Å². The quantitative estimate of drug-likeness (QED) is 0.708. The van der Waals surface area contributed by atoms with Gasteiger partial charge >= 0.3 is 0 Å². The molecule has 0 fully saturated rings. The Morgan fingerprint density at radius 2 is 2.14 bits per heavy atom. The molecule has 3 N–H and O–H groups in total. The average molecular weight is 188 g/mol. The highest BCUT2D eigenvalue weighted by atomic mass is 16.1. The van der Waals surface area contributed by atoms with Crippen LogP contribution in [0.25, 0.3) is 10.9 Å². The lowest BCUT2D eigenvalue weighted by molar-refractivity contribution is 1.07. The SMILES string of the molecule is Cc1ccc2c(CN)cc(=O)[nH]c2c1. The maximum Gasteiger partial charge on any atom is 0.248 e. The number of H-pyrrole nitrogens is 1. The zero-order chi connectivity index (χ0) is 10.1. The molecule has 0 unspecified atom stereocenters. The fourth-order valence-electron chi connectivity index (χ4n) is 1.62. The molecule has 0 aliphatic rings. The Morgan fingerprint density at radius 3 is 2.86 bits per heavy atom. The van der Waals surface area contributed by atoms with Gasteiger partial charge in [-0.25, -0.2) is 0 Å². The molecule has 14 heavy (non-hydrogen) atoms. The van der Waals surface area contributed by atoms with Crippen LogP contribution in [0.3, 0.4) is 0 Å². The van der Waals surface area contributed by atoms with E-state index < -0.39 is 0 Å². The summed E-state index contributed by atoms with van der Waals surface area (Å²) >= 11 is 0. The second-order valence-electron chi connectivity index (χ2n) is 3.41. The number of nitrogens with two attached hydrogens (primary N) is 1. The van der Waals surface area contributed by atoms with Crippen LogP contribution in [-0.2, 0) is 6.54 Å². The summed E-state index contributed by atoms with van der Waals surface area (Å²) < 4.78 is 0. The molecule has 0 aliphatic heterocycles. The lowest BCUT2D eigenvalue weighted by Crippen LogP contribution is -2.09. The summed E-state index contributed by atoms with van der Waals surface area (Å²) in [7, 11) is 0. The first-order valence-electron chi connectivity index (χ1n) is 4.53. The standard InChI is InChI=1S/C11H12N2O/c1-7-2-3-9-8(6-12)5-11(14)13-10(9)4-7/h2-5H,6,12H2,1H3,(H,13,14). The van der Waals surface area contributed by atoms with E-state index in [1.807, 2.05) is 25.1 Å². The molecule has 2 rings (SSSR count). The summed E-state index contributed by atoms with van der Waals surface area (Å²) in [5.41, 5.74) is 8.35. The highest BCUT2D eigenvalue weighted by molar-refractivity contribution is 5.82. The van der Waals surface area contributed by atoms with Gasteiger partial charge in [-0.2, -0.15) is 0 Å². The van der Waals surface area contributed by atoms with Gasteiger partial charge in [-0.3, -0.25) is 4.79 Å². The maximum absolute atomic E-state index is 11.3. The number of aryl methyl sites for hydroxylation is 1. The van der Waals surface area contributed by atoms with Gasteiger partial charge in [0, 0.05) is 23.5 Å². The van der Waals surface area contributed by atoms with E-state index in [9.17, 15) is 4.79 Å². The van der Waals surface area contributed by atoms with Crippen LogP contribution in [0.2, 0.25) is 0 Å². The van der Waals surface area contributed by atoms with Gasteiger partial charge in [0.25, 0.3) is 0 Å². The Labute approximate surface area is 81.6 Å². The molecule has 3 nitrogen and oxygen atoms in total. The Hall–Kier alpha value is -1.61. The fourth-order valence-corrected chi connectivity index (χ4v) is 1.62. The molecule has 72 valence electrons. The van der Waals surface area contributed by atoms with E-state index in [2.05, 4.69) is 4.98 Å². The second kappa shape index (κ2) is 3.27. The van der Waals surface area contributed by atoms with Crippen molar-refractivity contribution >= 4 is 10.9 Å². The third kappa shape index (κ3) is 1.42. The summed E-state index contributed by atoms with van der Waals surface area (Å²) in [5.74, 6) is 0. The highest BCUT2D eigenvalue weighted by Gasteiger charge is 2.01. The van der Waals surface area contributed by atoms with Crippen LogP contribution in [0.5, 0.6) is 0 Å². The third-order valence-electron chi connectivity index (χ3n) is 2.30. The van der Waals surface area contributed by atoms with Gasteiger partial charge < -0.3 is 10.7 Å². The molecule has 0 atom stereocenters. The zero-order valence-electron chi connectivity index (χ0n) is 8.00. The zero-order valence-corrected chi connectivity index (χ0v) is 8.00. The lowest BCUT2D eigenvalue weighted by atomic mass is 10.1. The van der Waals surface area contributed by atoms with Gasteiger partial charge in [0.05, 0.1) is 0 Å². The van der Waals surface area contributed by atoms with Crippen LogP contribution in [-0.4, -0.2) is 4.98 Å². The van der Waals surface area contributed by atoms with E-state index in [4.69, 9.17) is 5.73 Å². The summed E-state index contributed by atoms with van der Waals surface area (Å²) in [6.07, 6.45) is 0. The molecule has 0 aliphatic carbocycles. The van der Waals surface area contributed by atoms with Crippen LogP contribution in [0.4, 0.5) is 0 Å². The Bertz CT molecular complexity index is 528. The average Bonchev–Trinajstić information content (AvgIpc) is 2.15. The Balaban J connectivity index is 2.87. The normalized spacial score (nSPS) is 10.7. The Morgan fingerprint density at radius 1 is 1.36 bits per heavy atom. The van der Waals surface area contributed by atoms with Gasteiger partial charge in [0.1, 0.15) is 0 Å². The Kier molecular flexibility index (Phi) is 2.09. The van der Waals surface area contributed by atoms with Crippen molar-refractivity contribution in [3.63, 3.8) is 0 Å². The monoisotopic (exact) mass is 188 g/mol. The molecule has 0 saturated carbocycles. The number of hydrogen-bond acceptors (Lipinski definition) is 2. The molecule has 1 aromatic heterocycles. The minimum Gasteiger partial charge on any atom is -0.326 e. The molecule has 0 bridgehead atoms. The predicted octanol–water partition coefficient (Wildman–Crippen LogP) is 1.30. The van der Waals surface area contributed by atoms with Gasteiger partial charge in [-0.05, 0) is 24.1 Å². The molecular formula is C11H12N2O. The highest BCUT2D eigenvalue weighted by Crippen LogP contribution is 2.15. The third-order valence-corrected chi connectivity index (χ3v) is 2.30. The van der Waals surface area contributed by atoms with Crippen LogP contribution >= 0.6 is 0 Å². The van der Waals surface area contributed by atoms with Crippen LogP contribution < -0.4 is 11.3 Å². The number of hydrogen-bond donors (Lipinski definition) is 2. The van der Waals surface area contributed by atoms with Crippen molar-refractivity contribution in [2.45, 2.75) is 13.5 Å². The molecule has 0 radical (unpaired) electrons. The topological polar surface area (TPSA) is 58.9 Å². The van der Waals surface area contributed by atoms with Gasteiger partial charge in [-0.1, -0.05) is 12.1 Å². The van der Waals surface area contributed by atoms with E-state index >= 15 is 0 Å². The summed E-state index contributed by atoms with van der Waals surface area (Å²) in [5, 5.41) is 1.03. The number of nitrogens with one attached hydrogen (secondary N) is 1. The number of benzene rings is 1. The molecule has 0 amide bonds. The van der Waals surface area contributed by atoms with Crippen molar-refractivity contribution in [3.8, 4) is 0 Å². The van der Waals surface area contributed by atoms with Crippen LogP contribution in [0, 0.1) is 6.92 Å². The number of rotatable bonds is 1. The van der Waals surface area contributed by atoms with Crippen LogP contribution in [0.1, 0.15) is 11.1 Å². The second-order valence-corrected chi connectivity index (χ2v) is 3.41. The predicted molar refractivity (Wildman–Crippen MR) is 57.2 cm³/mol. The van der Waals surface area contributed by atoms with Crippen molar-refractivity contribution in [2.75, 3.05) is 0 Å². The van der Waals surface area contributed by atoms with E-state index in [1.165, 1.54) is 0 Å². The molecule has 0 saturated heterocycles. The van der Waals surface area contributed by atoms with Crippen molar-refractivity contribution < 1.29 is 0 Å². The number of aromatic amines is 1.